The first-order valence-corrected chi connectivity index (χ1v) is 6.32. The second-order valence-electron chi connectivity index (χ2n) is 3.94. The van der Waals surface area contributed by atoms with Crippen molar-refractivity contribution in [3.63, 3.8) is 0 Å². The molecule has 0 bridgehead atoms. The Morgan fingerprint density at radius 1 is 1.25 bits per heavy atom. The number of ether oxygens (including phenoxy) is 1. The average Bonchev–Trinajstić information content (AvgIpc) is 2.44. The molecule has 108 valence electrons. The lowest BCUT2D eigenvalue weighted by Crippen LogP contribution is -2.35. The molecule has 1 aromatic carbocycles. The van der Waals surface area contributed by atoms with Crippen LogP contribution in [-0.2, 0) is 19.1 Å². The van der Waals surface area contributed by atoms with Gasteiger partial charge in [-0.15, -0.1) is 0 Å². The van der Waals surface area contributed by atoms with Crippen LogP contribution < -0.4 is 10.9 Å². The minimum absolute atomic E-state index is 0.0157. The molecule has 1 rings (SSSR count). The zero-order chi connectivity index (χ0) is 15.0. The van der Waals surface area contributed by atoms with E-state index < -0.39 is 17.7 Å². The largest absolute Gasteiger partial charge is 0.469 e. The number of methoxy groups -OCH3 is 1. The number of nitrogens with one attached hydrogen (secondary N) is 2. The van der Waals surface area contributed by atoms with Crippen molar-refractivity contribution in [3.05, 3.63) is 29.3 Å². The molecular weight excluding hydrogens is 284 g/mol. The van der Waals surface area contributed by atoms with Crippen LogP contribution >= 0.6 is 11.6 Å². The molecule has 0 aromatic heterocycles. The molecule has 0 saturated carbocycles. The number of Topliss-reactive ketones (excluding diaryl/α,β-unsaturated/α-hetero) is 1. The molecule has 1 aromatic rings. The van der Waals surface area contributed by atoms with Crippen LogP contribution in [0, 0.1) is 0 Å². The molecule has 0 unspecified atom stereocenters. The molecule has 0 aliphatic carbocycles. The fourth-order valence-electron chi connectivity index (χ4n) is 1.37. The Bertz CT molecular complexity index is 505. The molecule has 0 aliphatic heterocycles. The summed E-state index contributed by atoms with van der Waals surface area (Å²) in [4.78, 5) is 33.8. The molecule has 0 radical (unpaired) electrons. The van der Waals surface area contributed by atoms with Gasteiger partial charge in [0.25, 0.3) is 0 Å². The summed E-state index contributed by atoms with van der Waals surface area (Å²) in [6.45, 7) is 0. The first kappa shape index (κ1) is 16.0. The van der Waals surface area contributed by atoms with E-state index in [1.54, 1.807) is 24.3 Å². The third-order valence-electron chi connectivity index (χ3n) is 2.41. The van der Waals surface area contributed by atoms with Crippen LogP contribution in [0.25, 0.3) is 0 Å². The van der Waals surface area contributed by atoms with Gasteiger partial charge < -0.3 is 4.74 Å². The van der Waals surface area contributed by atoms with Gasteiger partial charge in [0.2, 0.25) is 5.78 Å². The van der Waals surface area contributed by atoms with Crippen molar-refractivity contribution >= 4 is 34.9 Å². The van der Waals surface area contributed by atoms with E-state index in [9.17, 15) is 14.4 Å². The van der Waals surface area contributed by atoms with Gasteiger partial charge in [-0.2, -0.15) is 0 Å². The van der Waals surface area contributed by atoms with Gasteiger partial charge in [0.15, 0.2) is 0 Å². The van der Waals surface area contributed by atoms with E-state index in [1.165, 1.54) is 7.11 Å². The highest BCUT2D eigenvalue weighted by molar-refractivity contribution is 6.36. The molecule has 2 N–H and O–H groups in total. The predicted molar refractivity (Wildman–Crippen MR) is 74.1 cm³/mol. The van der Waals surface area contributed by atoms with E-state index >= 15 is 0 Å². The number of hydrogen-bond acceptors (Lipinski definition) is 5. The van der Waals surface area contributed by atoms with Crippen molar-refractivity contribution in [1.29, 1.82) is 0 Å². The topological polar surface area (TPSA) is 84.5 Å². The first-order chi connectivity index (χ1) is 9.52. The maximum absolute atomic E-state index is 11.5. The highest BCUT2D eigenvalue weighted by atomic mass is 35.5. The molecule has 0 saturated heterocycles. The summed E-state index contributed by atoms with van der Waals surface area (Å²) in [6, 6.07) is 6.68. The van der Waals surface area contributed by atoms with Crippen LogP contribution in [0.1, 0.15) is 19.3 Å². The Labute approximate surface area is 121 Å². The molecule has 0 atom stereocenters. The second kappa shape index (κ2) is 8.16. The minimum atomic E-state index is -0.769. The number of hydrogen-bond donors (Lipinski definition) is 2. The van der Waals surface area contributed by atoms with E-state index in [0.29, 0.717) is 10.7 Å². The lowest BCUT2D eigenvalue weighted by atomic mass is 10.2. The fraction of sp³-hybridized carbons (Fsp3) is 0.308. The normalized spacial score (nSPS) is 9.70. The Hall–Kier alpha value is -2.08. The molecule has 0 spiro atoms. The van der Waals surface area contributed by atoms with Gasteiger partial charge in [-0.3, -0.25) is 25.2 Å². The van der Waals surface area contributed by atoms with E-state index in [2.05, 4.69) is 15.6 Å². The SMILES string of the molecule is COC(=O)CCCC(=O)C(=O)NNc1cccc(Cl)c1. The smallest absolute Gasteiger partial charge is 0.305 e. The molecule has 7 heteroatoms. The number of benzene rings is 1. The monoisotopic (exact) mass is 298 g/mol. The number of esters is 1. The quantitative estimate of drug-likeness (QED) is 0.455. The number of carbonyl (C=O) groups is 3. The van der Waals surface area contributed by atoms with Crippen molar-refractivity contribution < 1.29 is 19.1 Å². The van der Waals surface area contributed by atoms with Crippen LogP contribution in [0.3, 0.4) is 0 Å². The number of anilines is 1. The Morgan fingerprint density at radius 2 is 2.00 bits per heavy atom. The zero-order valence-electron chi connectivity index (χ0n) is 10.9. The molecule has 1 amide bonds. The number of halogens is 1. The summed E-state index contributed by atoms with van der Waals surface area (Å²) in [6.07, 6.45) is 0.367. The Kier molecular flexibility index (Phi) is 6.52. The van der Waals surface area contributed by atoms with E-state index in [-0.39, 0.29) is 19.3 Å². The number of ketones is 1. The highest BCUT2D eigenvalue weighted by Crippen LogP contribution is 2.13. The molecule has 6 nitrogen and oxygen atoms in total. The number of rotatable bonds is 7. The summed E-state index contributed by atoms with van der Waals surface area (Å²) < 4.78 is 4.43. The molecule has 0 heterocycles. The Morgan fingerprint density at radius 3 is 2.65 bits per heavy atom. The van der Waals surface area contributed by atoms with Gasteiger partial charge in [-0.05, 0) is 24.6 Å². The van der Waals surface area contributed by atoms with E-state index in [0.717, 1.165) is 0 Å². The summed E-state index contributed by atoms with van der Waals surface area (Å²) in [5.41, 5.74) is 5.41. The van der Waals surface area contributed by atoms with Gasteiger partial charge >= 0.3 is 11.9 Å². The lowest BCUT2D eigenvalue weighted by Gasteiger charge is -2.07. The minimum Gasteiger partial charge on any atom is -0.469 e. The van der Waals surface area contributed by atoms with Gasteiger partial charge in [-0.25, -0.2) is 0 Å². The van der Waals surface area contributed by atoms with Gasteiger partial charge in [0, 0.05) is 17.9 Å². The van der Waals surface area contributed by atoms with Crippen molar-refractivity contribution in [3.8, 4) is 0 Å². The van der Waals surface area contributed by atoms with Gasteiger partial charge in [0.05, 0.1) is 12.8 Å². The van der Waals surface area contributed by atoms with Gasteiger partial charge in [0.1, 0.15) is 0 Å². The van der Waals surface area contributed by atoms with Crippen LogP contribution in [-0.4, -0.2) is 24.8 Å². The maximum Gasteiger partial charge on any atom is 0.305 e. The number of carbonyl (C=O) groups excluding carboxylic acids is 3. The van der Waals surface area contributed by atoms with E-state index in [1.807, 2.05) is 0 Å². The third kappa shape index (κ3) is 5.71. The summed E-state index contributed by atoms with van der Waals surface area (Å²) in [5, 5.41) is 0.508. The van der Waals surface area contributed by atoms with Crippen molar-refractivity contribution in [1.82, 2.24) is 5.43 Å². The van der Waals surface area contributed by atoms with Crippen molar-refractivity contribution in [2.24, 2.45) is 0 Å². The lowest BCUT2D eigenvalue weighted by molar-refractivity contribution is -0.141. The Balaban J connectivity index is 2.31. The fourth-order valence-corrected chi connectivity index (χ4v) is 1.56. The molecule has 0 aliphatic rings. The average molecular weight is 299 g/mol. The van der Waals surface area contributed by atoms with Gasteiger partial charge in [-0.1, -0.05) is 17.7 Å². The van der Waals surface area contributed by atoms with Crippen LogP contribution in [0.15, 0.2) is 24.3 Å². The first-order valence-electron chi connectivity index (χ1n) is 5.94. The van der Waals surface area contributed by atoms with Crippen molar-refractivity contribution in [2.75, 3.05) is 12.5 Å². The van der Waals surface area contributed by atoms with Crippen LogP contribution in [0.5, 0.6) is 0 Å². The highest BCUT2D eigenvalue weighted by Gasteiger charge is 2.13. The summed E-state index contributed by atoms with van der Waals surface area (Å²) in [5.74, 6) is -1.78. The predicted octanol–water partition coefficient (Wildman–Crippen LogP) is 1.70. The van der Waals surface area contributed by atoms with Crippen LogP contribution in [0.4, 0.5) is 5.69 Å². The third-order valence-corrected chi connectivity index (χ3v) is 2.65. The summed E-state index contributed by atoms with van der Waals surface area (Å²) >= 11 is 5.77. The number of amides is 1. The number of hydrazine groups is 1. The molecule has 0 fully saturated rings. The molecular formula is C13H15ClN2O4. The van der Waals surface area contributed by atoms with Crippen molar-refractivity contribution in [2.45, 2.75) is 19.3 Å². The maximum atomic E-state index is 11.5. The standard InChI is InChI=1S/C13H15ClN2O4/c1-20-12(18)7-3-6-11(17)13(19)16-15-10-5-2-4-9(14)8-10/h2,4-5,8,15H,3,6-7H2,1H3,(H,16,19). The zero-order valence-corrected chi connectivity index (χ0v) is 11.7. The van der Waals surface area contributed by atoms with E-state index in [4.69, 9.17) is 11.6 Å². The second-order valence-corrected chi connectivity index (χ2v) is 4.38. The molecule has 20 heavy (non-hydrogen) atoms. The van der Waals surface area contributed by atoms with Crippen LogP contribution in [0.2, 0.25) is 5.02 Å². The summed E-state index contributed by atoms with van der Waals surface area (Å²) in [7, 11) is 1.27.